The van der Waals surface area contributed by atoms with Crippen molar-refractivity contribution in [3.05, 3.63) is 53.6 Å². The van der Waals surface area contributed by atoms with Crippen LogP contribution in [0.1, 0.15) is 18.6 Å². The van der Waals surface area contributed by atoms with Gasteiger partial charge in [0.05, 0.1) is 13.2 Å². The minimum atomic E-state index is -0.753. The molecule has 5 heteroatoms. The second-order valence-electron chi connectivity index (χ2n) is 4.22. The molecular formula is C15H14F2O2S. The van der Waals surface area contributed by atoms with E-state index >= 15 is 0 Å². The standard InChI is InChI=1S/C15H14F2O2S/c1-9(18)15-12(19-2)4-3-5-14(15)20-13-7-6-10(16)8-11(13)17/h3-9,18H,1-2H3/t9-/m0/s1. The lowest BCUT2D eigenvalue weighted by Crippen LogP contribution is -1.99. The van der Waals surface area contributed by atoms with Crippen LogP contribution in [-0.4, -0.2) is 12.2 Å². The van der Waals surface area contributed by atoms with E-state index in [-0.39, 0.29) is 0 Å². The summed E-state index contributed by atoms with van der Waals surface area (Å²) in [6.45, 7) is 1.61. The molecule has 0 fully saturated rings. The van der Waals surface area contributed by atoms with Crippen LogP contribution in [0.5, 0.6) is 5.75 Å². The summed E-state index contributed by atoms with van der Waals surface area (Å²) < 4.78 is 31.8. The van der Waals surface area contributed by atoms with Crippen LogP contribution in [-0.2, 0) is 0 Å². The maximum atomic E-state index is 13.7. The van der Waals surface area contributed by atoms with E-state index in [1.54, 1.807) is 25.1 Å². The lowest BCUT2D eigenvalue weighted by Gasteiger charge is -2.15. The van der Waals surface area contributed by atoms with Crippen LogP contribution in [0.4, 0.5) is 8.78 Å². The zero-order valence-corrected chi connectivity index (χ0v) is 11.9. The minimum Gasteiger partial charge on any atom is -0.496 e. The second kappa shape index (κ2) is 6.24. The molecule has 0 saturated heterocycles. The molecule has 0 bridgehead atoms. The van der Waals surface area contributed by atoms with E-state index < -0.39 is 17.7 Å². The summed E-state index contributed by atoms with van der Waals surface area (Å²) >= 11 is 1.13. The molecule has 2 nitrogen and oxygen atoms in total. The molecule has 0 aromatic heterocycles. The zero-order valence-electron chi connectivity index (χ0n) is 11.1. The Balaban J connectivity index is 2.43. The summed E-state index contributed by atoms with van der Waals surface area (Å²) in [6.07, 6.45) is -0.753. The summed E-state index contributed by atoms with van der Waals surface area (Å²) in [7, 11) is 1.51. The van der Waals surface area contributed by atoms with E-state index in [9.17, 15) is 13.9 Å². The Morgan fingerprint density at radius 1 is 1.15 bits per heavy atom. The highest BCUT2D eigenvalue weighted by atomic mass is 32.2. The summed E-state index contributed by atoms with van der Waals surface area (Å²) in [5.74, 6) is -0.713. The third-order valence-electron chi connectivity index (χ3n) is 2.78. The van der Waals surface area contributed by atoms with Gasteiger partial charge in [0.1, 0.15) is 17.4 Å². The summed E-state index contributed by atoms with van der Waals surface area (Å²) in [6, 6.07) is 8.67. The Hall–Kier alpha value is -1.59. The first kappa shape index (κ1) is 14.8. The number of aliphatic hydroxyl groups excluding tert-OH is 1. The summed E-state index contributed by atoms with van der Waals surface area (Å²) in [5.41, 5.74) is 0.587. The smallest absolute Gasteiger partial charge is 0.140 e. The predicted molar refractivity (Wildman–Crippen MR) is 74.1 cm³/mol. The van der Waals surface area contributed by atoms with Gasteiger partial charge in [-0.2, -0.15) is 0 Å². The molecule has 0 aliphatic rings. The monoisotopic (exact) mass is 296 g/mol. The minimum absolute atomic E-state index is 0.293. The van der Waals surface area contributed by atoms with E-state index in [1.807, 2.05) is 0 Å². The molecule has 0 unspecified atom stereocenters. The lowest BCUT2D eigenvalue weighted by molar-refractivity contribution is 0.191. The largest absolute Gasteiger partial charge is 0.496 e. The van der Waals surface area contributed by atoms with Crippen LogP contribution in [0.15, 0.2) is 46.2 Å². The van der Waals surface area contributed by atoms with E-state index in [0.717, 1.165) is 17.8 Å². The number of benzene rings is 2. The molecule has 2 aromatic rings. The average Bonchev–Trinajstić information content (AvgIpc) is 2.41. The molecule has 106 valence electrons. The third kappa shape index (κ3) is 3.11. The Kier molecular flexibility index (Phi) is 4.62. The van der Waals surface area contributed by atoms with E-state index in [1.165, 1.54) is 19.2 Å². The maximum absolute atomic E-state index is 13.7. The van der Waals surface area contributed by atoms with Crippen molar-refractivity contribution in [2.45, 2.75) is 22.8 Å². The van der Waals surface area contributed by atoms with Crippen molar-refractivity contribution < 1.29 is 18.6 Å². The molecule has 0 aliphatic heterocycles. The molecule has 0 amide bonds. The number of rotatable bonds is 4. The number of ether oxygens (including phenoxy) is 1. The molecule has 0 spiro atoms. The fourth-order valence-electron chi connectivity index (χ4n) is 1.88. The highest BCUT2D eigenvalue weighted by Crippen LogP contribution is 2.39. The third-order valence-corrected chi connectivity index (χ3v) is 3.90. The van der Waals surface area contributed by atoms with Crippen LogP contribution in [0.25, 0.3) is 0 Å². The Labute approximate surface area is 120 Å². The second-order valence-corrected chi connectivity index (χ2v) is 5.31. The van der Waals surface area contributed by atoms with Crippen LogP contribution >= 0.6 is 11.8 Å². The first-order chi connectivity index (χ1) is 9.52. The number of halogens is 2. The van der Waals surface area contributed by atoms with Gasteiger partial charge in [-0.15, -0.1) is 0 Å². The van der Waals surface area contributed by atoms with Gasteiger partial charge in [0.25, 0.3) is 0 Å². The van der Waals surface area contributed by atoms with Crippen LogP contribution in [0.3, 0.4) is 0 Å². The van der Waals surface area contributed by atoms with Crippen molar-refractivity contribution >= 4 is 11.8 Å². The topological polar surface area (TPSA) is 29.5 Å². The first-order valence-corrected chi connectivity index (χ1v) is 6.82. The van der Waals surface area contributed by atoms with Crippen molar-refractivity contribution in [1.29, 1.82) is 0 Å². The van der Waals surface area contributed by atoms with Gasteiger partial charge in [-0.3, -0.25) is 0 Å². The van der Waals surface area contributed by atoms with E-state index in [0.29, 0.717) is 21.1 Å². The average molecular weight is 296 g/mol. The molecule has 1 atom stereocenters. The van der Waals surface area contributed by atoms with Crippen LogP contribution in [0, 0.1) is 11.6 Å². The maximum Gasteiger partial charge on any atom is 0.140 e. The Morgan fingerprint density at radius 2 is 1.90 bits per heavy atom. The molecule has 20 heavy (non-hydrogen) atoms. The van der Waals surface area contributed by atoms with Gasteiger partial charge in [-0.05, 0) is 31.2 Å². The lowest BCUT2D eigenvalue weighted by atomic mass is 10.1. The molecule has 0 radical (unpaired) electrons. The van der Waals surface area contributed by atoms with Crippen LogP contribution in [0.2, 0.25) is 0 Å². The molecule has 1 N–H and O–H groups in total. The van der Waals surface area contributed by atoms with Crippen molar-refractivity contribution in [3.8, 4) is 5.75 Å². The Morgan fingerprint density at radius 3 is 2.50 bits per heavy atom. The summed E-state index contributed by atoms with van der Waals surface area (Å²) in [5, 5.41) is 9.86. The SMILES string of the molecule is COc1cccc(Sc2ccc(F)cc2F)c1[C@H](C)O. The van der Waals surface area contributed by atoms with Gasteiger partial charge in [0.2, 0.25) is 0 Å². The van der Waals surface area contributed by atoms with Gasteiger partial charge in [0.15, 0.2) is 0 Å². The number of hydrogen-bond donors (Lipinski definition) is 1. The Bertz CT molecular complexity index is 615. The molecule has 2 aromatic carbocycles. The fourth-order valence-corrected chi connectivity index (χ4v) is 2.94. The quantitative estimate of drug-likeness (QED) is 0.918. The van der Waals surface area contributed by atoms with Gasteiger partial charge in [-0.25, -0.2) is 8.78 Å². The van der Waals surface area contributed by atoms with E-state index in [2.05, 4.69) is 0 Å². The summed E-state index contributed by atoms with van der Waals surface area (Å²) in [4.78, 5) is 0.964. The number of aliphatic hydroxyl groups is 1. The van der Waals surface area contributed by atoms with Crippen LogP contribution < -0.4 is 4.74 Å². The number of hydrogen-bond acceptors (Lipinski definition) is 3. The predicted octanol–water partition coefficient (Wildman–Crippen LogP) is 4.18. The van der Waals surface area contributed by atoms with Crippen molar-refractivity contribution in [2.24, 2.45) is 0 Å². The molecule has 0 saturated carbocycles. The normalized spacial score (nSPS) is 12.2. The van der Waals surface area contributed by atoms with Gasteiger partial charge in [-0.1, -0.05) is 17.8 Å². The van der Waals surface area contributed by atoms with Gasteiger partial charge < -0.3 is 9.84 Å². The molecule has 2 rings (SSSR count). The number of methoxy groups -OCH3 is 1. The molecular weight excluding hydrogens is 282 g/mol. The van der Waals surface area contributed by atoms with Crippen molar-refractivity contribution in [1.82, 2.24) is 0 Å². The highest BCUT2D eigenvalue weighted by molar-refractivity contribution is 7.99. The fraction of sp³-hybridized carbons (Fsp3) is 0.200. The molecule has 0 aliphatic carbocycles. The van der Waals surface area contributed by atoms with E-state index in [4.69, 9.17) is 4.74 Å². The van der Waals surface area contributed by atoms with Gasteiger partial charge >= 0.3 is 0 Å². The zero-order chi connectivity index (χ0) is 14.7. The first-order valence-electron chi connectivity index (χ1n) is 6.00. The van der Waals surface area contributed by atoms with Crippen molar-refractivity contribution in [2.75, 3.05) is 7.11 Å². The molecule has 0 heterocycles. The van der Waals surface area contributed by atoms with Gasteiger partial charge in [0, 0.05) is 21.4 Å². The highest BCUT2D eigenvalue weighted by Gasteiger charge is 2.16. The van der Waals surface area contributed by atoms with Crippen molar-refractivity contribution in [3.63, 3.8) is 0 Å².